The van der Waals surface area contributed by atoms with Crippen molar-refractivity contribution in [3.05, 3.63) is 30.0 Å². The third kappa shape index (κ3) is 8.89. The maximum absolute atomic E-state index is 11.0. The highest BCUT2D eigenvalue weighted by Gasteiger charge is 2.39. The highest BCUT2D eigenvalue weighted by atomic mass is 16.5. The lowest BCUT2D eigenvalue weighted by Crippen LogP contribution is -2.24. The minimum atomic E-state index is -0.892. The second kappa shape index (κ2) is 12.1. The molecule has 0 radical (unpaired) electrons. The van der Waals surface area contributed by atoms with E-state index in [1.54, 1.807) is 19.1 Å². The lowest BCUT2D eigenvalue weighted by Gasteiger charge is -2.23. The minimum absolute atomic E-state index is 0.107. The number of ether oxygens (including phenoxy) is 1. The zero-order valence-corrected chi connectivity index (χ0v) is 16.9. The number of unbranched alkanes of at least 4 members (excludes halogenated alkanes) is 2. The molecule has 0 aromatic rings. The summed E-state index contributed by atoms with van der Waals surface area (Å²) in [6.07, 6.45) is 11.7. The van der Waals surface area contributed by atoms with Crippen molar-refractivity contribution in [3.63, 3.8) is 0 Å². The second-order valence-corrected chi connectivity index (χ2v) is 7.71. The summed E-state index contributed by atoms with van der Waals surface area (Å²) in [6.45, 7) is 3.92. The summed E-state index contributed by atoms with van der Waals surface area (Å²) < 4.78 is 4.58. The Morgan fingerprint density at radius 1 is 1.26 bits per heavy atom. The predicted molar refractivity (Wildman–Crippen MR) is 106 cm³/mol. The van der Waals surface area contributed by atoms with Crippen LogP contribution in [0.25, 0.3) is 0 Å². The normalized spacial score (nSPS) is 27.2. The van der Waals surface area contributed by atoms with Crippen LogP contribution in [0.4, 0.5) is 0 Å². The van der Waals surface area contributed by atoms with Crippen molar-refractivity contribution in [3.8, 4) is 0 Å². The molecule has 5 atom stereocenters. The van der Waals surface area contributed by atoms with Gasteiger partial charge in [0.2, 0.25) is 0 Å². The van der Waals surface area contributed by atoms with Crippen LogP contribution < -0.4 is 0 Å². The van der Waals surface area contributed by atoms with Crippen LogP contribution in [0.5, 0.6) is 0 Å². The van der Waals surface area contributed by atoms with E-state index in [0.29, 0.717) is 32.1 Å². The molecule has 0 unspecified atom stereocenters. The zero-order valence-electron chi connectivity index (χ0n) is 16.9. The molecule has 3 N–H and O–H groups in total. The number of hydrogen-bond donors (Lipinski definition) is 3. The van der Waals surface area contributed by atoms with E-state index in [0.717, 1.165) is 19.3 Å². The van der Waals surface area contributed by atoms with E-state index in [9.17, 15) is 20.1 Å². The Labute approximate surface area is 163 Å². The number of esters is 1. The molecule has 1 saturated carbocycles. The summed E-state index contributed by atoms with van der Waals surface area (Å²) in [5.41, 5.74) is 2.14. The Hall–Kier alpha value is -1.39. The Morgan fingerprint density at radius 2 is 2.00 bits per heavy atom. The Kier molecular flexibility index (Phi) is 10.6. The maximum atomic E-state index is 11.0. The SMILES string of the molecule is CCCCC[C@@](C)(O)/C=C\[C@@H]1[C@@H](CC=C=CCCC(=O)OC)[C@@H](O)C[C@H]1O. The number of carbonyl (C=O) groups excluding carboxylic acids is 1. The van der Waals surface area contributed by atoms with E-state index in [1.807, 2.05) is 12.2 Å². The van der Waals surface area contributed by atoms with Crippen molar-refractivity contribution < 1.29 is 24.9 Å². The highest BCUT2D eigenvalue weighted by Crippen LogP contribution is 2.36. The van der Waals surface area contributed by atoms with Gasteiger partial charge >= 0.3 is 5.97 Å². The molecule has 0 aliphatic heterocycles. The van der Waals surface area contributed by atoms with E-state index >= 15 is 0 Å². The van der Waals surface area contributed by atoms with Crippen LogP contribution in [0.1, 0.15) is 65.2 Å². The molecule has 0 aromatic carbocycles. The minimum Gasteiger partial charge on any atom is -0.469 e. The zero-order chi connectivity index (χ0) is 20.3. The van der Waals surface area contributed by atoms with Crippen molar-refractivity contribution in [1.29, 1.82) is 0 Å². The van der Waals surface area contributed by atoms with Crippen LogP contribution in [0.3, 0.4) is 0 Å². The average molecular weight is 381 g/mol. The van der Waals surface area contributed by atoms with E-state index < -0.39 is 17.8 Å². The van der Waals surface area contributed by atoms with Gasteiger partial charge in [-0.05, 0) is 44.3 Å². The molecule has 154 valence electrons. The lowest BCUT2D eigenvalue weighted by atomic mass is 9.88. The molecule has 5 heteroatoms. The van der Waals surface area contributed by atoms with Crippen molar-refractivity contribution in [2.75, 3.05) is 7.11 Å². The molecular formula is C22H36O5. The first-order chi connectivity index (χ1) is 12.8. The lowest BCUT2D eigenvalue weighted by molar-refractivity contribution is -0.140. The van der Waals surface area contributed by atoms with Gasteiger partial charge in [-0.25, -0.2) is 0 Å². The van der Waals surface area contributed by atoms with Gasteiger partial charge in [-0.3, -0.25) is 4.79 Å². The van der Waals surface area contributed by atoms with Crippen LogP contribution in [0, 0.1) is 11.8 Å². The monoisotopic (exact) mass is 380 g/mol. The average Bonchev–Trinajstić information content (AvgIpc) is 2.89. The highest BCUT2D eigenvalue weighted by molar-refractivity contribution is 5.69. The van der Waals surface area contributed by atoms with E-state index in [4.69, 9.17) is 0 Å². The summed E-state index contributed by atoms with van der Waals surface area (Å²) in [4.78, 5) is 11.0. The van der Waals surface area contributed by atoms with Gasteiger partial charge in [0.1, 0.15) is 0 Å². The number of aliphatic hydroxyl groups is 3. The number of allylic oxidation sites excluding steroid dienone is 1. The van der Waals surface area contributed by atoms with Crippen LogP contribution in [0.15, 0.2) is 30.0 Å². The molecule has 1 fully saturated rings. The largest absolute Gasteiger partial charge is 0.469 e. The second-order valence-electron chi connectivity index (χ2n) is 7.71. The van der Waals surface area contributed by atoms with Gasteiger partial charge in [-0.1, -0.05) is 38.3 Å². The van der Waals surface area contributed by atoms with Gasteiger partial charge in [0.05, 0.1) is 24.9 Å². The van der Waals surface area contributed by atoms with E-state index in [-0.39, 0.29) is 17.8 Å². The Bertz CT molecular complexity index is 531. The fourth-order valence-electron chi connectivity index (χ4n) is 3.50. The Morgan fingerprint density at radius 3 is 2.67 bits per heavy atom. The van der Waals surface area contributed by atoms with Gasteiger partial charge in [-0.15, -0.1) is 5.73 Å². The van der Waals surface area contributed by atoms with Crippen molar-refractivity contribution in [2.45, 2.75) is 83.0 Å². The van der Waals surface area contributed by atoms with Crippen LogP contribution >= 0.6 is 0 Å². The van der Waals surface area contributed by atoms with Crippen molar-refractivity contribution >= 4 is 5.97 Å². The Balaban J connectivity index is 2.62. The molecule has 0 aromatic heterocycles. The molecule has 0 bridgehead atoms. The van der Waals surface area contributed by atoms with E-state index in [1.165, 1.54) is 7.11 Å². The molecule has 0 saturated heterocycles. The summed E-state index contributed by atoms with van der Waals surface area (Å²) in [6, 6.07) is 0. The first-order valence-electron chi connectivity index (χ1n) is 10.0. The van der Waals surface area contributed by atoms with E-state index in [2.05, 4.69) is 17.4 Å². The smallest absolute Gasteiger partial charge is 0.305 e. The summed E-state index contributed by atoms with van der Waals surface area (Å²) in [5, 5.41) is 31.0. The van der Waals surface area contributed by atoms with Crippen LogP contribution in [-0.4, -0.2) is 46.2 Å². The van der Waals surface area contributed by atoms with Crippen LogP contribution in [0.2, 0.25) is 0 Å². The van der Waals surface area contributed by atoms with Gasteiger partial charge < -0.3 is 20.1 Å². The third-order valence-electron chi connectivity index (χ3n) is 5.23. The number of rotatable bonds is 11. The van der Waals surface area contributed by atoms with Crippen molar-refractivity contribution in [2.24, 2.45) is 11.8 Å². The van der Waals surface area contributed by atoms with Gasteiger partial charge in [0, 0.05) is 18.8 Å². The third-order valence-corrected chi connectivity index (χ3v) is 5.23. The van der Waals surface area contributed by atoms with Gasteiger partial charge in [-0.2, -0.15) is 0 Å². The maximum Gasteiger partial charge on any atom is 0.305 e. The molecule has 1 aliphatic rings. The molecular weight excluding hydrogens is 344 g/mol. The fraction of sp³-hybridized carbons (Fsp3) is 0.727. The first-order valence-corrected chi connectivity index (χ1v) is 10.0. The standard InChI is InChI=1S/C22H36O5/c1-4-5-10-14-22(2,26)15-13-18-17(19(23)16-20(18)24)11-8-6-7-9-12-21(25)27-3/h7-8,13,15,17-20,23-24,26H,4-5,9-12,14,16H2,1-3H3/b15-13-/t6?,17-,18-,19+,20-,22-/m1/s1. The molecule has 0 amide bonds. The van der Waals surface area contributed by atoms with Crippen LogP contribution in [-0.2, 0) is 9.53 Å². The topological polar surface area (TPSA) is 87.0 Å². The molecule has 0 heterocycles. The molecule has 1 rings (SSSR count). The summed E-state index contributed by atoms with van der Waals surface area (Å²) in [5.74, 6) is -0.548. The molecule has 0 spiro atoms. The summed E-state index contributed by atoms with van der Waals surface area (Å²) >= 11 is 0. The quantitative estimate of drug-likeness (QED) is 0.222. The molecule has 27 heavy (non-hydrogen) atoms. The fourth-order valence-corrected chi connectivity index (χ4v) is 3.50. The number of methoxy groups -OCH3 is 1. The van der Waals surface area contributed by atoms with Gasteiger partial charge in [0.15, 0.2) is 0 Å². The summed E-state index contributed by atoms with van der Waals surface area (Å²) in [7, 11) is 1.36. The molecule has 1 aliphatic carbocycles. The number of hydrogen-bond acceptors (Lipinski definition) is 5. The predicted octanol–water partition coefficient (Wildman–Crippen LogP) is 3.29. The van der Waals surface area contributed by atoms with Crippen molar-refractivity contribution in [1.82, 2.24) is 0 Å². The number of aliphatic hydroxyl groups excluding tert-OH is 2. The first kappa shape index (κ1) is 23.6. The molecule has 5 nitrogen and oxygen atoms in total. The number of carbonyl (C=O) groups is 1. The van der Waals surface area contributed by atoms with Gasteiger partial charge in [0.25, 0.3) is 0 Å².